The van der Waals surface area contributed by atoms with Crippen LogP contribution < -0.4 is 4.90 Å². The van der Waals surface area contributed by atoms with Crippen LogP contribution >= 0.6 is 0 Å². The highest BCUT2D eigenvalue weighted by Gasteiger charge is 2.26. The summed E-state index contributed by atoms with van der Waals surface area (Å²) < 4.78 is 32.7. The number of rotatable bonds is 3. The second kappa shape index (κ2) is 7.48. The maximum atomic E-state index is 14.0. The number of anilines is 1. The molecule has 0 atom stereocenters. The first-order valence-electron chi connectivity index (χ1n) is 9.98. The molecule has 0 saturated carbocycles. The minimum Gasteiger partial charge on any atom is -0.371 e. The van der Waals surface area contributed by atoms with Crippen LogP contribution in [0, 0.1) is 18.6 Å². The van der Waals surface area contributed by atoms with E-state index in [0.717, 1.165) is 48.3 Å². The maximum absolute atomic E-state index is 14.0. The minimum atomic E-state index is -0.295. The number of halogens is 2. The highest BCUT2D eigenvalue weighted by atomic mass is 19.1. The minimum absolute atomic E-state index is 0.226. The lowest BCUT2D eigenvalue weighted by Gasteiger charge is -2.33. The third-order valence-corrected chi connectivity index (χ3v) is 5.62. The number of aromatic nitrogens is 3. The number of nitrogens with zero attached hydrogens (tertiary/aromatic N) is 4. The summed E-state index contributed by atoms with van der Waals surface area (Å²) in [4.78, 5) is 11.3. The first-order chi connectivity index (χ1) is 14.6. The predicted molar refractivity (Wildman–Crippen MR) is 110 cm³/mol. The Labute approximate surface area is 172 Å². The molecule has 0 amide bonds. The van der Waals surface area contributed by atoms with Crippen molar-refractivity contribution in [3.63, 3.8) is 0 Å². The quantitative estimate of drug-likeness (QED) is 0.465. The van der Waals surface area contributed by atoms with Crippen LogP contribution in [0.4, 0.5) is 14.5 Å². The molecule has 0 aliphatic carbocycles. The Balaban J connectivity index is 1.51. The highest BCUT2D eigenvalue weighted by Crippen LogP contribution is 2.35. The Bertz CT molecular complexity index is 1200. The summed E-state index contributed by atoms with van der Waals surface area (Å²) in [7, 11) is 0. The number of benzene rings is 2. The van der Waals surface area contributed by atoms with Gasteiger partial charge < -0.3 is 9.42 Å². The molecule has 4 aromatic rings. The molecular weight excluding hydrogens is 386 g/mol. The fourth-order valence-corrected chi connectivity index (χ4v) is 4.06. The molecule has 30 heavy (non-hydrogen) atoms. The summed E-state index contributed by atoms with van der Waals surface area (Å²) in [6.45, 7) is 3.38. The average Bonchev–Trinajstić information content (AvgIpc) is 3.20. The van der Waals surface area contributed by atoms with Crippen LogP contribution in [0.25, 0.3) is 22.2 Å². The van der Waals surface area contributed by atoms with Gasteiger partial charge in [0.2, 0.25) is 5.89 Å². The van der Waals surface area contributed by atoms with Crippen LogP contribution in [-0.2, 0) is 0 Å². The molecule has 3 heterocycles. The van der Waals surface area contributed by atoms with E-state index in [9.17, 15) is 8.78 Å². The van der Waals surface area contributed by atoms with E-state index >= 15 is 0 Å². The first kappa shape index (κ1) is 18.7. The van der Waals surface area contributed by atoms with Crippen molar-refractivity contribution in [3.8, 4) is 11.3 Å². The zero-order chi connectivity index (χ0) is 20.7. The van der Waals surface area contributed by atoms with Crippen LogP contribution in [0.15, 0.2) is 53.1 Å². The molecule has 0 bridgehead atoms. The molecule has 0 spiro atoms. The van der Waals surface area contributed by atoms with Gasteiger partial charge in [-0.2, -0.15) is 4.98 Å². The molecule has 1 aliphatic rings. The van der Waals surface area contributed by atoms with Crippen molar-refractivity contribution in [2.75, 3.05) is 18.0 Å². The van der Waals surface area contributed by atoms with Crippen LogP contribution in [0.1, 0.15) is 30.5 Å². The van der Waals surface area contributed by atoms with Gasteiger partial charge in [0.05, 0.1) is 11.2 Å². The summed E-state index contributed by atoms with van der Waals surface area (Å²) >= 11 is 0. The molecule has 1 saturated heterocycles. The number of hydrogen-bond donors (Lipinski definition) is 0. The molecular formula is C23H20F2N4O. The fourth-order valence-electron chi connectivity index (χ4n) is 4.06. The molecule has 152 valence electrons. The maximum Gasteiger partial charge on any atom is 0.229 e. The Morgan fingerprint density at radius 2 is 1.67 bits per heavy atom. The summed E-state index contributed by atoms with van der Waals surface area (Å²) in [5, 5.41) is 4.67. The van der Waals surface area contributed by atoms with Gasteiger partial charge in [-0.3, -0.25) is 0 Å². The monoisotopic (exact) mass is 406 g/mol. The molecule has 1 aliphatic heterocycles. The molecule has 0 N–H and O–H groups in total. The zero-order valence-corrected chi connectivity index (χ0v) is 16.5. The fraction of sp³-hybridized carbons (Fsp3) is 0.261. The van der Waals surface area contributed by atoms with Crippen LogP contribution in [0.5, 0.6) is 0 Å². The summed E-state index contributed by atoms with van der Waals surface area (Å²) in [6.07, 6.45) is 1.74. The Morgan fingerprint density at radius 1 is 0.933 bits per heavy atom. The van der Waals surface area contributed by atoms with Crippen molar-refractivity contribution in [3.05, 3.63) is 71.9 Å². The van der Waals surface area contributed by atoms with Gasteiger partial charge in [-0.05, 0) is 68.3 Å². The molecule has 5 nitrogen and oxygen atoms in total. The van der Waals surface area contributed by atoms with Crippen molar-refractivity contribution < 1.29 is 13.3 Å². The number of hydrogen-bond acceptors (Lipinski definition) is 5. The topological polar surface area (TPSA) is 55.1 Å². The molecule has 2 aromatic carbocycles. The van der Waals surface area contributed by atoms with Crippen LogP contribution in [0.2, 0.25) is 0 Å². The van der Waals surface area contributed by atoms with Crippen molar-refractivity contribution in [1.29, 1.82) is 0 Å². The van der Waals surface area contributed by atoms with E-state index < -0.39 is 0 Å². The molecule has 2 aromatic heterocycles. The SMILES string of the molecule is Cc1noc(C2CCN(c3cc(-c4ccc(F)cc4)nc4ccc(F)cc34)CC2)n1. The van der Waals surface area contributed by atoms with E-state index in [1.54, 1.807) is 18.2 Å². The second-order valence-electron chi connectivity index (χ2n) is 7.64. The lowest BCUT2D eigenvalue weighted by molar-refractivity contribution is 0.327. The largest absolute Gasteiger partial charge is 0.371 e. The zero-order valence-electron chi connectivity index (χ0n) is 16.5. The van der Waals surface area contributed by atoms with Gasteiger partial charge in [0.1, 0.15) is 11.6 Å². The molecule has 1 fully saturated rings. The number of aryl methyl sites for hydroxylation is 1. The summed E-state index contributed by atoms with van der Waals surface area (Å²) in [5.41, 5.74) is 3.20. The van der Waals surface area contributed by atoms with Gasteiger partial charge in [-0.1, -0.05) is 5.16 Å². The van der Waals surface area contributed by atoms with Crippen LogP contribution in [0.3, 0.4) is 0 Å². The summed E-state index contributed by atoms with van der Waals surface area (Å²) in [5.74, 6) is 0.970. The number of pyridine rings is 1. The van der Waals surface area contributed by atoms with Crippen molar-refractivity contribution in [1.82, 2.24) is 15.1 Å². The van der Waals surface area contributed by atoms with Crippen LogP contribution in [-0.4, -0.2) is 28.2 Å². The third kappa shape index (κ3) is 3.51. The van der Waals surface area contributed by atoms with Gasteiger partial charge in [-0.25, -0.2) is 13.8 Å². The van der Waals surface area contributed by atoms with E-state index in [1.807, 2.05) is 13.0 Å². The number of fused-ring (bicyclic) bond motifs is 1. The lowest BCUT2D eigenvalue weighted by Crippen LogP contribution is -2.33. The first-order valence-corrected chi connectivity index (χ1v) is 9.98. The standard InChI is InChI=1S/C23H20F2N4O/c1-14-26-23(30-28-14)16-8-10-29(11-9-16)22-13-21(15-2-4-17(24)5-3-15)27-20-7-6-18(25)12-19(20)22/h2-7,12-13,16H,8-11H2,1H3. The van der Waals surface area contributed by atoms with E-state index in [1.165, 1.54) is 24.3 Å². The van der Waals surface area contributed by atoms with Crippen molar-refractivity contribution in [2.45, 2.75) is 25.7 Å². The molecule has 0 unspecified atom stereocenters. The Kier molecular flexibility index (Phi) is 4.65. The van der Waals surface area contributed by atoms with Gasteiger partial charge in [0, 0.05) is 35.6 Å². The second-order valence-corrected chi connectivity index (χ2v) is 7.64. The van der Waals surface area contributed by atoms with Gasteiger partial charge >= 0.3 is 0 Å². The van der Waals surface area contributed by atoms with Gasteiger partial charge in [0.25, 0.3) is 0 Å². The van der Waals surface area contributed by atoms with Crippen molar-refractivity contribution in [2.24, 2.45) is 0 Å². The average molecular weight is 406 g/mol. The lowest BCUT2D eigenvalue weighted by atomic mass is 9.95. The van der Waals surface area contributed by atoms with Gasteiger partial charge in [-0.15, -0.1) is 0 Å². The van der Waals surface area contributed by atoms with E-state index in [2.05, 4.69) is 20.0 Å². The predicted octanol–water partition coefficient (Wildman–Crippen LogP) is 5.26. The Hall–Kier alpha value is -3.35. The highest BCUT2D eigenvalue weighted by molar-refractivity contribution is 5.94. The Morgan fingerprint density at radius 3 is 2.37 bits per heavy atom. The van der Waals surface area contributed by atoms with Crippen molar-refractivity contribution >= 4 is 16.6 Å². The normalized spacial score (nSPS) is 15.1. The smallest absolute Gasteiger partial charge is 0.229 e. The molecule has 7 heteroatoms. The number of piperidine rings is 1. The van der Waals surface area contributed by atoms with Gasteiger partial charge in [0.15, 0.2) is 5.82 Å². The van der Waals surface area contributed by atoms with E-state index in [-0.39, 0.29) is 17.6 Å². The van der Waals surface area contributed by atoms with E-state index in [4.69, 9.17) is 4.52 Å². The molecule has 0 radical (unpaired) electrons. The summed E-state index contributed by atoms with van der Waals surface area (Å²) in [6, 6.07) is 12.9. The third-order valence-electron chi connectivity index (χ3n) is 5.62. The van der Waals surface area contributed by atoms with E-state index in [0.29, 0.717) is 17.2 Å². The molecule has 5 rings (SSSR count).